The van der Waals surface area contributed by atoms with Gasteiger partial charge in [0.2, 0.25) is 0 Å². The first-order chi connectivity index (χ1) is 14.2. The van der Waals surface area contributed by atoms with E-state index in [1.54, 1.807) is 16.6 Å². The van der Waals surface area contributed by atoms with E-state index in [1.165, 1.54) is 18.3 Å². The highest BCUT2D eigenvalue weighted by atomic mass is 19.1. The van der Waals surface area contributed by atoms with Gasteiger partial charge < -0.3 is 10.2 Å². The van der Waals surface area contributed by atoms with Crippen LogP contribution >= 0.6 is 0 Å². The minimum Gasteiger partial charge on any atom is -0.340 e. The van der Waals surface area contributed by atoms with Gasteiger partial charge in [-0.1, -0.05) is 24.3 Å². The number of rotatable bonds is 6. The minimum absolute atomic E-state index is 0.335. The van der Waals surface area contributed by atoms with Crippen LogP contribution in [-0.4, -0.2) is 26.9 Å². The van der Waals surface area contributed by atoms with E-state index in [2.05, 4.69) is 20.3 Å². The highest BCUT2D eigenvalue weighted by Crippen LogP contribution is 2.39. The number of halogens is 1. The summed E-state index contributed by atoms with van der Waals surface area (Å²) < 4.78 is 15.3. The summed E-state index contributed by atoms with van der Waals surface area (Å²) >= 11 is 0. The smallest absolute Gasteiger partial charge is 0.170 e. The van der Waals surface area contributed by atoms with Gasteiger partial charge in [-0.15, -0.1) is 0 Å². The zero-order valence-electron chi connectivity index (χ0n) is 15.5. The molecule has 0 unspecified atom stereocenters. The quantitative estimate of drug-likeness (QED) is 0.485. The molecule has 0 saturated heterocycles. The van der Waals surface area contributed by atoms with E-state index in [1.807, 2.05) is 36.4 Å². The number of nitrogens with one attached hydrogen (secondary N) is 1. The van der Waals surface area contributed by atoms with Gasteiger partial charge in [0, 0.05) is 23.5 Å². The number of carbonyl (C=O) groups excluding carboxylic acids is 1. The molecule has 0 aliphatic heterocycles. The van der Waals surface area contributed by atoms with Crippen LogP contribution in [0.4, 0.5) is 27.4 Å². The number of nitrogens with zero attached hydrogens (tertiary/aromatic N) is 4. The summed E-state index contributed by atoms with van der Waals surface area (Å²) in [6, 6.07) is 18.5. The Kier molecular flexibility index (Phi) is 4.20. The highest BCUT2D eigenvalue weighted by Gasteiger charge is 2.32. The third kappa shape index (κ3) is 3.31. The van der Waals surface area contributed by atoms with Gasteiger partial charge in [-0.25, -0.2) is 9.37 Å². The maximum Gasteiger partial charge on any atom is 0.170 e. The van der Waals surface area contributed by atoms with Gasteiger partial charge in [-0.2, -0.15) is 9.61 Å². The molecule has 1 fully saturated rings. The molecule has 0 amide bonds. The first kappa shape index (κ1) is 17.4. The van der Waals surface area contributed by atoms with E-state index in [0.29, 0.717) is 28.8 Å². The molecular weight excluding hydrogens is 369 g/mol. The van der Waals surface area contributed by atoms with Crippen molar-refractivity contribution in [2.45, 2.75) is 18.9 Å². The van der Waals surface area contributed by atoms with Crippen molar-refractivity contribution in [1.82, 2.24) is 14.6 Å². The third-order valence-corrected chi connectivity index (χ3v) is 4.90. The van der Waals surface area contributed by atoms with Gasteiger partial charge in [-0.3, -0.25) is 4.79 Å². The normalized spacial score (nSPS) is 13.4. The second-order valence-corrected chi connectivity index (χ2v) is 7.02. The lowest BCUT2D eigenvalue weighted by Gasteiger charge is -2.25. The number of hydrogen-bond donors (Lipinski definition) is 1. The molecule has 6 nitrogen and oxygen atoms in total. The van der Waals surface area contributed by atoms with E-state index in [4.69, 9.17) is 0 Å². The van der Waals surface area contributed by atoms with Crippen molar-refractivity contribution < 1.29 is 9.18 Å². The Morgan fingerprint density at radius 3 is 2.66 bits per heavy atom. The molecule has 29 heavy (non-hydrogen) atoms. The van der Waals surface area contributed by atoms with Crippen LogP contribution in [0, 0.1) is 5.82 Å². The Labute approximate surface area is 166 Å². The molecule has 1 saturated carbocycles. The summed E-state index contributed by atoms with van der Waals surface area (Å²) in [5.41, 5.74) is 2.48. The van der Waals surface area contributed by atoms with Crippen molar-refractivity contribution in [3.8, 4) is 0 Å². The summed E-state index contributed by atoms with van der Waals surface area (Å²) in [5.74, 6) is 0.983. The molecule has 1 aliphatic carbocycles. The first-order valence-electron chi connectivity index (χ1n) is 9.44. The fraction of sp³-hybridized carbons (Fsp3) is 0.136. The number of aromatic nitrogens is 3. The number of aldehydes is 1. The molecule has 1 aliphatic rings. The number of carbonyl (C=O) groups is 1. The average molecular weight is 387 g/mol. The molecule has 2 heterocycles. The van der Waals surface area contributed by atoms with Crippen LogP contribution in [0.1, 0.15) is 23.2 Å². The van der Waals surface area contributed by atoms with Crippen molar-refractivity contribution in [3.63, 3.8) is 0 Å². The van der Waals surface area contributed by atoms with Crippen LogP contribution in [-0.2, 0) is 0 Å². The van der Waals surface area contributed by atoms with Crippen LogP contribution in [0.25, 0.3) is 5.65 Å². The number of hydrogen-bond acceptors (Lipinski definition) is 5. The summed E-state index contributed by atoms with van der Waals surface area (Å²) in [6.45, 7) is 0. The van der Waals surface area contributed by atoms with Crippen LogP contribution < -0.4 is 10.2 Å². The fourth-order valence-corrected chi connectivity index (χ4v) is 3.45. The standard InChI is InChI=1S/C22H18FN5O/c23-16-5-4-6-17(11-16)25-20-12-21(28-22(26-20)15(14-29)13-24-28)27(19-9-10-19)18-7-2-1-3-8-18/h1-8,11-14,19H,9-10H2,(H,25,26). The van der Waals surface area contributed by atoms with Crippen LogP contribution in [0.3, 0.4) is 0 Å². The molecule has 0 radical (unpaired) electrons. The van der Waals surface area contributed by atoms with E-state index < -0.39 is 0 Å². The predicted molar refractivity (Wildman–Crippen MR) is 110 cm³/mol. The lowest BCUT2D eigenvalue weighted by atomic mass is 10.2. The molecule has 7 heteroatoms. The molecule has 144 valence electrons. The second kappa shape index (κ2) is 7.01. The van der Waals surface area contributed by atoms with E-state index in [9.17, 15) is 9.18 Å². The average Bonchev–Trinajstić information content (AvgIpc) is 3.47. The predicted octanol–water partition coefficient (Wildman–Crippen LogP) is 4.73. The SMILES string of the molecule is O=Cc1cnn2c(N(c3ccccc3)C3CC3)cc(Nc3cccc(F)c3)nc12. The third-order valence-electron chi connectivity index (χ3n) is 4.90. The number of fused-ring (bicyclic) bond motifs is 1. The van der Waals surface area contributed by atoms with Crippen molar-refractivity contribution in [2.24, 2.45) is 0 Å². The summed E-state index contributed by atoms with van der Waals surface area (Å²) in [5, 5.41) is 7.55. The molecule has 1 N–H and O–H groups in total. The maximum absolute atomic E-state index is 13.6. The Balaban J connectivity index is 1.67. The Bertz CT molecular complexity index is 1190. The zero-order valence-corrected chi connectivity index (χ0v) is 15.5. The second-order valence-electron chi connectivity index (χ2n) is 7.02. The molecule has 2 aromatic carbocycles. The van der Waals surface area contributed by atoms with Gasteiger partial charge in [0.1, 0.15) is 17.5 Å². The topological polar surface area (TPSA) is 62.5 Å². The lowest BCUT2D eigenvalue weighted by molar-refractivity contribution is 0.112. The first-order valence-corrected chi connectivity index (χ1v) is 9.44. The fourth-order valence-electron chi connectivity index (χ4n) is 3.45. The van der Waals surface area contributed by atoms with Gasteiger partial charge >= 0.3 is 0 Å². The van der Waals surface area contributed by atoms with Crippen LogP contribution in [0.2, 0.25) is 0 Å². The van der Waals surface area contributed by atoms with Gasteiger partial charge in [0.25, 0.3) is 0 Å². The summed E-state index contributed by atoms with van der Waals surface area (Å²) in [4.78, 5) is 18.3. The zero-order chi connectivity index (χ0) is 19.8. The summed E-state index contributed by atoms with van der Waals surface area (Å²) in [7, 11) is 0. The van der Waals surface area contributed by atoms with E-state index >= 15 is 0 Å². The molecule has 0 bridgehead atoms. The van der Waals surface area contributed by atoms with Gasteiger partial charge in [0.05, 0.1) is 11.8 Å². The van der Waals surface area contributed by atoms with E-state index in [0.717, 1.165) is 30.6 Å². The minimum atomic E-state index is -0.335. The van der Waals surface area contributed by atoms with Gasteiger partial charge in [0.15, 0.2) is 11.9 Å². The molecule has 0 atom stereocenters. The largest absolute Gasteiger partial charge is 0.340 e. The summed E-state index contributed by atoms with van der Waals surface area (Å²) in [6.07, 6.45) is 4.41. The Hall–Kier alpha value is -3.74. The Morgan fingerprint density at radius 1 is 1.10 bits per heavy atom. The van der Waals surface area contributed by atoms with Crippen molar-refractivity contribution in [2.75, 3.05) is 10.2 Å². The van der Waals surface area contributed by atoms with Crippen LogP contribution in [0.5, 0.6) is 0 Å². The number of benzene rings is 2. The van der Waals surface area contributed by atoms with Crippen molar-refractivity contribution in [3.05, 3.63) is 78.2 Å². The maximum atomic E-state index is 13.6. The molecular formula is C22H18FN5O. The van der Waals surface area contributed by atoms with Gasteiger partial charge in [-0.05, 0) is 43.2 Å². The number of para-hydroxylation sites is 1. The molecule has 4 aromatic rings. The molecule has 5 rings (SSSR count). The Morgan fingerprint density at radius 2 is 1.93 bits per heavy atom. The van der Waals surface area contributed by atoms with E-state index in [-0.39, 0.29) is 5.82 Å². The highest BCUT2D eigenvalue weighted by molar-refractivity contribution is 5.85. The van der Waals surface area contributed by atoms with Crippen molar-refractivity contribution >= 4 is 34.9 Å². The molecule has 2 aromatic heterocycles. The number of anilines is 4. The monoisotopic (exact) mass is 387 g/mol. The van der Waals surface area contributed by atoms with Crippen molar-refractivity contribution in [1.29, 1.82) is 0 Å². The molecule has 0 spiro atoms. The lowest BCUT2D eigenvalue weighted by Crippen LogP contribution is -2.22. The van der Waals surface area contributed by atoms with Crippen LogP contribution in [0.15, 0.2) is 66.9 Å².